The van der Waals surface area contributed by atoms with Gasteiger partial charge in [-0.25, -0.2) is 0 Å². The van der Waals surface area contributed by atoms with Crippen LogP contribution in [0.3, 0.4) is 0 Å². The molecule has 1 aromatic rings. The maximum Gasteiger partial charge on any atom is 0.107 e. The molecule has 0 aliphatic rings. The molecule has 0 spiro atoms. The predicted molar refractivity (Wildman–Crippen MR) is 68.2 cm³/mol. The molecule has 0 aliphatic carbocycles. The summed E-state index contributed by atoms with van der Waals surface area (Å²) in [7, 11) is 0. The maximum atomic E-state index is 5.94. The molecule has 4 heteroatoms. The van der Waals surface area contributed by atoms with Gasteiger partial charge in [-0.15, -0.1) is 11.3 Å². The molecule has 0 saturated heterocycles. The SMILES string of the molecule is CC(C)CCNCc1cc(Br)c(Cl)s1. The van der Waals surface area contributed by atoms with E-state index in [0.717, 1.165) is 27.8 Å². The van der Waals surface area contributed by atoms with Crippen molar-refractivity contribution in [2.45, 2.75) is 26.8 Å². The van der Waals surface area contributed by atoms with Crippen molar-refractivity contribution < 1.29 is 0 Å². The van der Waals surface area contributed by atoms with Gasteiger partial charge in [0.05, 0.1) is 0 Å². The van der Waals surface area contributed by atoms with Crippen molar-refractivity contribution in [2.75, 3.05) is 6.54 Å². The van der Waals surface area contributed by atoms with E-state index in [1.54, 1.807) is 11.3 Å². The second-order valence-electron chi connectivity index (χ2n) is 3.69. The van der Waals surface area contributed by atoms with Crippen LogP contribution in [0.5, 0.6) is 0 Å². The highest BCUT2D eigenvalue weighted by molar-refractivity contribution is 9.10. The predicted octanol–water partition coefficient (Wildman–Crippen LogP) is 4.30. The normalized spacial score (nSPS) is 11.2. The molecule has 1 N–H and O–H groups in total. The zero-order chi connectivity index (χ0) is 10.6. The van der Waals surface area contributed by atoms with Crippen LogP contribution in [-0.2, 0) is 6.54 Å². The minimum absolute atomic E-state index is 0.765. The van der Waals surface area contributed by atoms with Crippen molar-refractivity contribution in [3.05, 3.63) is 19.8 Å². The topological polar surface area (TPSA) is 12.0 Å². The summed E-state index contributed by atoms with van der Waals surface area (Å²) in [6, 6.07) is 2.08. The lowest BCUT2D eigenvalue weighted by Crippen LogP contribution is -2.15. The monoisotopic (exact) mass is 295 g/mol. The molecule has 1 aromatic heterocycles. The summed E-state index contributed by atoms with van der Waals surface area (Å²) in [5, 5.41) is 3.40. The Labute approximate surface area is 103 Å². The van der Waals surface area contributed by atoms with Crippen LogP contribution in [0.4, 0.5) is 0 Å². The van der Waals surface area contributed by atoms with Crippen LogP contribution in [-0.4, -0.2) is 6.54 Å². The Hall–Kier alpha value is 0.430. The molecule has 0 atom stereocenters. The average molecular weight is 297 g/mol. The molecule has 0 amide bonds. The minimum Gasteiger partial charge on any atom is -0.312 e. The lowest BCUT2D eigenvalue weighted by Gasteiger charge is -2.04. The van der Waals surface area contributed by atoms with Crippen LogP contribution in [0.1, 0.15) is 25.1 Å². The largest absolute Gasteiger partial charge is 0.312 e. The zero-order valence-corrected chi connectivity index (χ0v) is 11.6. The van der Waals surface area contributed by atoms with Crippen molar-refractivity contribution >= 4 is 38.9 Å². The van der Waals surface area contributed by atoms with E-state index in [4.69, 9.17) is 11.6 Å². The van der Waals surface area contributed by atoms with Crippen molar-refractivity contribution in [2.24, 2.45) is 5.92 Å². The number of hydrogen-bond donors (Lipinski definition) is 1. The second-order valence-corrected chi connectivity index (χ2v) is 6.29. The highest BCUT2D eigenvalue weighted by Crippen LogP contribution is 2.31. The molecule has 0 fully saturated rings. The Balaban J connectivity index is 2.25. The number of hydrogen-bond acceptors (Lipinski definition) is 2. The molecule has 1 heterocycles. The third-order valence-corrected chi connectivity index (χ3v) is 4.37. The van der Waals surface area contributed by atoms with Crippen LogP contribution in [0.2, 0.25) is 4.34 Å². The fourth-order valence-corrected chi connectivity index (χ4v) is 2.84. The Bertz CT molecular complexity index is 266. The Morgan fingerprint density at radius 1 is 1.57 bits per heavy atom. The van der Waals surface area contributed by atoms with E-state index >= 15 is 0 Å². The smallest absolute Gasteiger partial charge is 0.107 e. The molecule has 0 unspecified atom stereocenters. The van der Waals surface area contributed by atoms with Crippen molar-refractivity contribution in [1.29, 1.82) is 0 Å². The summed E-state index contributed by atoms with van der Waals surface area (Å²) in [5.74, 6) is 0.765. The highest BCUT2D eigenvalue weighted by Gasteiger charge is 2.03. The van der Waals surface area contributed by atoms with Crippen LogP contribution in [0.25, 0.3) is 0 Å². The van der Waals surface area contributed by atoms with E-state index in [0.29, 0.717) is 0 Å². The first-order valence-electron chi connectivity index (χ1n) is 4.74. The van der Waals surface area contributed by atoms with E-state index in [-0.39, 0.29) is 0 Å². The van der Waals surface area contributed by atoms with Crippen LogP contribution >= 0.6 is 38.9 Å². The summed E-state index contributed by atoms with van der Waals surface area (Å²) < 4.78 is 1.84. The van der Waals surface area contributed by atoms with E-state index in [2.05, 4.69) is 41.2 Å². The molecule has 80 valence electrons. The molecule has 0 aromatic carbocycles. The fraction of sp³-hybridized carbons (Fsp3) is 0.600. The lowest BCUT2D eigenvalue weighted by atomic mass is 10.1. The van der Waals surface area contributed by atoms with Gasteiger partial charge in [-0.2, -0.15) is 0 Å². The van der Waals surface area contributed by atoms with Crippen LogP contribution in [0.15, 0.2) is 10.5 Å². The first-order chi connectivity index (χ1) is 6.59. The van der Waals surface area contributed by atoms with Gasteiger partial charge in [-0.3, -0.25) is 0 Å². The number of nitrogens with one attached hydrogen (secondary N) is 1. The Kier molecular flexibility index (Phi) is 5.45. The highest BCUT2D eigenvalue weighted by atomic mass is 79.9. The molecule has 14 heavy (non-hydrogen) atoms. The van der Waals surface area contributed by atoms with Gasteiger partial charge in [0.2, 0.25) is 0 Å². The molecule has 0 aliphatic heterocycles. The second kappa shape index (κ2) is 6.11. The van der Waals surface area contributed by atoms with Gasteiger partial charge < -0.3 is 5.32 Å². The summed E-state index contributed by atoms with van der Waals surface area (Å²) in [4.78, 5) is 1.28. The third kappa shape index (κ3) is 4.30. The summed E-state index contributed by atoms with van der Waals surface area (Å²) in [6.45, 7) is 6.47. The summed E-state index contributed by atoms with van der Waals surface area (Å²) in [6.07, 6.45) is 1.22. The van der Waals surface area contributed by atoms with Gasteiger partial charge in [-0.1, -0.05) is 25.4 Å². The van der Waals surface area contributed by atoms with E-state index in [1.165, 1.54) is 11.3 Å². The van der Waals surface area contributed by atoms with E-state index in [9.17, 15) is 0 Å². The standard InChI is InChI=1S/C10H15BrClNS/c1-7(2)3-4-13-6-8-5-9(11)10(12)14-8/h5,7,13H,3-4,6H2,1-2H3. The first kappa shape index (κ1) is 12.5. The van der Waals surface area contributed by atoms with Gasteiger partial charge in [-0.05, 0) is 40.9 Å². The van der Waals surface area contributed by atoms with Gasteiger partial charge in [0.25, 0.3) is 0 Å². The summed E-state index contributed by atoms with van der Waals surface area (Å²) >= 11 is 11.0. The minimum atomic E-state index is 0.765. The Morgan fingerprint density at radius 2 is 2.29 bits per heavy atom. The molecule has 0 bridgehead atoms. The van der Waals surface area contributed by atoms with Gasteiger partial charge in [0, 0.05) is 15.9 Å². The third-order valence-electron chi connectivity index (χ3n) is 1.89. The van der Waals surface area contributed by atoms with Crippen LogP contribution < -0.4 is 5.32 Å². The van der Waals surface area contributed by atoms with Gasteiger partial charge >= 0.3 is 0 Å². The first-order valence-corrected chi connectivity index (χ1v) is 6.72. The lowest BCUT2D eigenvalue weighted by molar-refractivity contribution is 0.539. The van der Waals surface area contributed by atoms with Crippen molar-refractivity contribution in [1.82, 2.24) is 5.32 Å². The van der Waals surface area contributed by atoms with E-state index in [1.807, 2.05) is 0 Å². The molecule has 0 radical (unpaired) electrons. The molecule has 0 saturated carbocycles. The number of rotatable bonds is 5. The van der Waals surface area contributed by atoms with Gasteiger partial charge in [0.1, 0.15) is 4.34 Å². The molecular weight excluding hydrogens is 282 g/mol. The number of halogens is 2. The maximum absolute atomic E-state index is 5.94. The van der Waals surface area contributed by atoms with Crippen molar-refractivity contribution in [3.63, 3.8) is 0 Å². The molecule has 1 nitrogen and oxygen atoms in total. The van der Waals surface area contributed by atoms with E-state index < -0.39 is 0 Å². The van der Waals surface area contributed by atoms with Crippen LogP contribution in [0, 0.1) is 5.92 Å². The Morgan fingerprint density at radius 3 is 2.79 bits per heavy atom. The van der Waals surface area contributed by atoms with Gasteiger partial charge in [0.15, 0.2) is 0 Å². The zero-order valence-electron chi connectivity index (χ0n) is 8.44. The number of thiophene rings is 1. The summed E-state index contributed by atoms with van der Waals surface area (Å²) in [5.41, 5.74) is 0. The fourth-order valence-electron chi connectivity index (χ4n) is 1.08. The quantitative estimate of drug-likeness (QED) is 0.799. The average Bonchev–Trinajstić information content (AvgIpc) is 2.40. The molecular formula is C10H15BrClNS. The van der Waals surface area contributed by atoms with Crippen molar-refractivity contribution in [3.8, 4) is 0 Å². The molecule has 1 rings (SSSR count).